The molecule has 0 aliphatic carbocycles. The fourth-order valence-electron chi connectivity index (χ4n) is 3.03. The van der Waals surface area contributed by atoms with Crippen molar-refractivity contribution in [3.63, 3.8) is 0 Å². The van der Waals surface area contributed by atoms with E-state index < -0.39 is 0 Å². The van der Waals surface area contributed by atoms with E-state index in [0.717, 1.165) is 13.0 Å². The number of benzene rings is 2. The standard InChI is InChI=1S/C21H25N3O3.ClH/c25-20(14-17-15-27-13-12-22-17)24-19-9-5-4-8-18(19)21(26)23-11-10-16-6-2-1-3-7-16;/h1-9,17,22H,10-15H2,(H,23,26)(H,24,25);1H. The number of amides is 2. The maximum absolute atomic E-state index is 12.5. The molecule has 0 saturated carbocycles. The fourth-order valence-corrected chi connectivity index (χ4v) is 3.03. The summed E-state index contributed by atoms with van der Waals surface area (Å²) < 4.78 is 5.37. The molecule has 1 aliphatic heterocycles. The zero-order valence-electron chi connectivity index (χ0n) is 15.6. The van der Waals surface area contributed by atoms with Crippen molar-refractivity contribution in [1.29, 1.82) is 0 Å². The molecule has 2 aromatic carbocycles. The zero-order chi connectivity index (χ0) is 18.9. The summed E-state index contributed by atoms with van der Waals surface area (Å²) in [5.74, 6) is -0.330. The van der Waals surface area contributed by atoms with Crippen molar-refractivity contribution < 1.29 is 14.3 Å². The topological polar surface area (TPSA) is 79.5 Å². The van der Waals surface area contributed by atoms with E-state index >= 15 is 0 Å². The lowest BCUT2D eigenvalue weighted by molar-refractivity contribution is -0.117. The number of hydrogen-bond acceptors (Lipinski definition) is 4. The smallest absolute Gasteiger partial charge is 0.253 e. The highest BCUT2D eigenvalue weighted by molar-refractivity contribution is 6.03. The molecule has 0 radical (unpaired) electrons. The summed E-state index contributed by atoms with van der Waals surface area (Å²) >= 11 is 0. The van der Waals surface area contributed by atoms with Gasteiger partial charge in [0.1, 0.15) is 0 Å². The molecular formula is C21H26ClN3O3. The molecule has 0 aromatic heterocycles. The Morgan fingerprint density at radius 1 is 1.07 bits per heavy atom. The van der Waals surface area contributed by atoms with E-state index in [4.69, 9.17) is 4.74 Å². The number of halogens is 1. The van der Waals surface area contributed by atoms with Gasteiger partial charge in [-0.05, 0) is 24.1 Å². The van der Waals surface area contributed by atoms with Gasteiger partial charge in [-0.2, -0.15) is 0 Å². The number of nitrogens with one attached hydrogen (secondary N) is 3. The van der Waals surface area contributed by atoms with Crippen molar-refractivity contribution >= 4 is 29.9 Å². The third-order valence-electron chi connectivity index (χ3n) is 4.42. The molecule has 28 heavy (non-hydrogen) atoms. The van der Waals surface area contributed by atoms with Crippen LogP contribution in [-0.4, -0.2) is 44.2 Å². The number of hydrogen-bond donors (Lipinski definition) is 3. The van der Waals surface area contributed by atoms with Crippen LogP contribution in [0, 0.1) is 0 Å². The molecule has 0 spiro atoms. The highest BCUT2D eigenvalue weighted by Crippen LogP contribution is 2.16. The summed E-state index contributed by atoms with van der Waals surface area (Å²) in [6, 6.07) is 17.1. The quantitative estimate of drug-likeness (QED) is 0.663. The number of morpholine rings is 1. The lowest BCUT2D eigenvalue weighted by Gasteiger charge is -2.23. The SMILES string of the molecule is Cl.O=C(CC1COCCN1)Nc1ccccc1C(=O)NCCc1ccccc1. The first-order valence-electron chi connectivity index (χ1n) is 9.24. The molecule has 3 N–H and O–H groups in total. The van der Waals surface area contributed by atoms with Crippen LogP contribution in [0.5, 0.6) is 0 Å². The van der Waals surface area contributed by atoms with Gasteiger partial charge in [0.05, 0.1) is 24.5 Å². The van der Waals surface area contributed by atoms with Gasteiger partial charge < -0.3 is 20.7 Å². The maximum Gasteiger partial charge on any atom is 0.253 e. The van der Waals surface area contributed by atoms with Crippen LogP contribution in [0.3, 0.4) is 0 Å². The Bertz CT molecular complexity index is 765. The average Bonchev–Trinajstić information content (AvgIpc) is 2.70. The highest BCUT2D eigenvalue weighted by Gasteiger charge is 2.18. The van der Waals surface area contributed by atoms with E-state index in [1.54, 1.807) is 24.3 Å². The Hall–Kier alpha value is -2.41. The molecule has 1 heterocycles. The monoisotopic (exact) mass is 403 g/mol. The second-order valence-electron chi connectivity index (χ2n) is 6.52. The molecule has 150 valence electrons. The van der Waals surface area contributed by atoms with Crippen molar-refractivity contribution in [3.8, 4) is 0 Å². The lowest BCUT2D eigenvalue weighted by Crippen LogP contribution is -2.43. The van der Waals surface area contributed by atoms with Gasteiger partial charge in [0.15, 0.2) is 0 Å². The first-order valence-corrected chi connectivity index (χ1v) is 9.24. The highest BCUT2D eigenvalue weighted by atomic mass is 35.5. The minimum Gasteiger partial charge on any atom is -0.378 e. The van der Waals surface area contributed by atoms with Crippen molar-refractivity contribution in [3.05, 3.63) is 65.7 Å². The minimum atomic E-state index is -0.194. The van der Waals surface area contributed by atoms with Gasteiger partial charge in [0.2, 0.25) is 5.91 Å². The predicted octanol–water partition coefficient (Wildman–Crippen LogP) is 2.40. The van der Waals surface area contributed by atoms with Gasteiger partial charge >= 0.3 is 0 Å². The zero-order valence-corrected chi connectivity index (χ0v) is 16.5. The third-order valence-corrected chi connectivity index (χ3v) is 4.42. The summed E-state index contributed by atoms with van der Waals surface area (Å²) in [5.41, 5.74) is 2.16. The van der Waals surface area contributed by atoms with Crippen LogP contribution in [0.2, 0.25) is 0 Å². The third kappa shape index (κ3) is 6.64. The van der Waals surface area contributed by atoms with Crippen LogP contribution < -0.4 is 16.0 Å². The van der Waals surface area contributed by atoms with Crippen LogP contribution in [-0.2, 0) is 16.0 Å². The van der Waals surface area contributed by atoms with E-state index in [0.29, 0.717) is 37.4 Å². The van der Waals surface area contributed by atoms with Gasteiger partial charge in [0.25, 0.3) is 5.91 Å². The van der Waals surface area contributed by atoms with E-state index in [9.17, 15) is 9.59 Å². The van der Waals surface area contributed by atoms with Gasteiger partial charge in [-0.15, -0.1) is 12.4 Å². The number of rotatable bonds is 7. The number of ether oxygens (including phenoxy) is 1. The molecule has 1 aliphatic rings. The molecular weight excluding hydrogens is 378 g/mol. The normalized spacial score (nSPS) is 15.9. The van der Waals surface area contributed by atoms with Gasteiger partial charge in [0, 0.05) is 25.6 Å². The van der Waals surface area contributed by atoms with E-state index in [1.807, 2.05) is 30.3 Å². The Balaban J connectivity index is 0.00000280. The van der Waals surface area contributed by atoms with Crippen LogP contribution in [0.15, 0.2) is 54.6 Å². The molecule has 7 heteroatoms. The molecule has 2 amide bonds. The molecule has 1 fully saturated rings. The summed E-state index contributed by atoms with van der Waals surface area (Å²) in [7, 11) is 0. The van der Waals surface area contributed by atoms with Crippen LogP contribution in [0.25, 0.3) is 0 Å². The Labute approximate surface area is 171 Å². The molecule has 1 atom stereocenters. The Morgan fingerprint density at radius 3 is 2.57 bits per heavy atom. The van der Waals surface area contributed by atoms with Gasteiger partial charge in [-0.3, -0.25) is 9.59 Å². The summed E-state index contributed by atoms with van der Waals surface area (Å²) in [5, 5.41) is 9.02. The molecule has 1 saturated heterocycles. The van der Waals surface area contributed by atoms with E-state index in [-0.39, 0.29) is 30.3 Å². The minimum absolute atomic E-state index is 0. The van der Waals surface area contributed by atoms with Crippen LogP contribution >= 0.6 is 12.4 Å². The van der Waals surface area contributed by atoms with Crippen molar-refractivity contribution in [1.82, 2.24) is 10.6 Å². The van der Waals surface area contributed by atoms with Crippen LogP contribution in [0.1, 0.15) is 22.3 Å². The summed E-state index contributed by atoms with van der Waals surface area (Å²) in [6.07, 6.45) is 1.07. The second kappa shape index (κ2) is 11.4. The number of anilines is 1. The van der Waals surface area contributed by atoms with Crippen molar-refractivity contribution in [2.75, 3.05) is 31.6 Å². The molecule has 2 aromatic rings. The van der Waals surface area contributed by atoms with Crippen LogP contribution in [0.4, 0.5) is 5.69 Å². The lowest BCUT2D eigenvalue weighted by atomic mass is 10.1. The molecule has 1 unspecified atom stereocenters. The maximum atomic E-state index is 12.5. The fraction of sp³-hybridized carbons (Fsp3) is 0.333. The first kappa shape index (κ1) is 21.9. The average molecular weight is 404 g/mol. The number of para-hydroxylation sites is 1. The molecule has 3 rings (SSSR count). The largest absolute Gasteiger partial charge is 0.378 e. The molecule has 0 bridgehead atoms. The summed E-state index contributed by atoms with van der Waals surface area (Å²) in [4.78, 5) is 24.8. The van der Waals surface area contributed by atoms with Gasteiger partial charge in [-0.25, -0.2) is 0 Å². The van der Waals surface area contributed by atoms with Crippen molar-refractivity contribution in [2.24, 2.45) is 0 Å². The molecule has 6 nitrogen and oxygen atoms in total. The van der Waals surface area contributed by atoms with E-state index in [1.165, 1.54) is 5.56 Å². The van der Waals surface area contributed by atoms with E-state index in [2.05, 4.69) is 16.0 Å². The number of carbonyl (C=O) groups excluding carboxylic acids is 2. The Morgan fingerprint density at radius 2 is 1.82 bits per heavy atom. The summed E-state index contributed by atoms with van der Waals surface area (Å²) in [6.45, 7) is 2.48. The second-order valence-corrected chi connectivity index (χ2v) is 6.52. The van der Waals surface area contributed by atoms with Crippen molar-refractivity contribution in [2.45, 2.75) is 18.9 Å². The Kier molecular flexibility index (Phi) is 8.94. The number of carbonyl (C=O) groups is 2. The first-order chi connectivity index (χ1) is 13.2. The predicted molar refractivity (Wildman–Crippen MR) is 112 cm³/mol. The van der Waals surface area contributed by atoms with Gasteiger partial charge in [-0.1, -0.05) is 42.5 Å².